The van der Waals surface area contributed by atoms with Gasteiger partial charge in [0.15, 0.2) is 11.5 Å². The van der Waals surface area contributed by atoms with Crippen molar-refractivity contribution < 1.29 is 14.2 Å². The van der Waals surface area contributed by atoms with Crippen LogP contribution in [0.15, 0.2) is 6.07 Å². The lowest BCUT2D eigenvalue weighted by atomic mass is 9.89. The van der Waals surface area contributed by atoms with Gasteiger partial charge in [-0.3, -0.25) is 0 Å². The van der Waals surface area contributed by atoms with E-state index < -0.39 is 0 Å². The molecule has 0 aliphatic heterocycles. The second kappa shape index (κ2) is 6.43. The highest BCUT2D eigenvalue weighted by atomic mass is 16.5. The Labute approximate surface area is 104 Å². The van der Waals surface area contributed by atoms with E-state index in [4.69, 9.17) is 22.1 Å². The molecule has 0 saturated heterocycles. The third kappa shape index (κ3) is 3.08. The van der Waals surface area contributed by atoms with Crippen molar-refractivity contribution in [2.75, 3.05) is 19.8 Å². The van der Waals surface area contributed by atoms with Gasteiger partial charge in [-0.25, -0.2) is 0 Å². The molecule has 0 aliphatic carbocycles. The summed E-state index contributed by atoms with van der Waals surface area (Å²) in [5.74, 6) is 1.86. The Morgan fingerprint density at radius 2 is 1.47 bits per heavy atom. The quantitative estimate of drug-likeness (QED) is 0.704. The summed E-state index contributed by atoms with van der Waals surface area (Å²) >= 11 is 0. The fourth-order valence-corrected chi connectivity index (χ4v) is 1.58. The van der Waals surface area contributed by atoms with Gasteiger partial charge < -0.3 is 14.2 Å². The number of benzene rings is 1. The van der Waals surface area contributed by atoms with E-state index >= 15 is 0 Å². The topological polar surface area (TPSA) is 27.7 Å². The Hall–Kier alpha value is -1.32. The van der Waals surface area contributed by atoms with Crippen molar-refractivity contribution in [2.24, 2.45) is 0 Å². The molecule has 0 bridgehead atoms. The molecule has 17 heavy (non-hydrogen) atoms. The molecule has 0 fully saturated rings. The average molecular weight is 234 g/mol. The van der Waals surface area contributed by atoms with Crippen LogP contribution < -0.4 is 19.7 Å². The maximum atomic E-state index is 6.00. The lowest BCUT2D eigenvalue weighted by molar-refractivity contribution is 0.262. The minimum Gasteiger partial charge on any atom is -0.490 e. The highest BCUT2D eigenvalue weighted by Gasteiger charge is 2.16. The zero-order valence-corrected chi connectivity index (χ0v) is 11.0. The molecule has 1 aromatic rings. The molecule has 0 atom stereocenters. The molecule has 2 radical (unpaired) electrons. The molecular weight excluding hydrogens is 215 g/mol. The van der Waals surface area contributed by atoms with Crippen molar-refractivity contribution >= 4 is 13.3 Å². The van der Waals surface area contributed by atoms with Gasteiger partial charge in [0.1, 0.15) is 7.85 Å². The molecule has 4 heteroatoms. The molecule has 0 spiro atoms. The summed E-state index contributed by atoms with van der Waals surface area (Å²) in [6, 6.07) is 1.88. The second-order valence-corrected chi connectivity index (χ2v) is 3.56. The Morgan fingerprint density at radius 3 is 2.00 bits per heavy atom. The maximum Gasteiger partial charge on any atom is 0.202 e. The number of hydrogen-bond donors (Lipinski definition) is 0. The van der Waals surface area contributed by atoms with Crippen LogP contribution in [0.1, 0.15) is 26.3 Å². The van der Waals surface area contributed by atoms with Crippen molar-refractivity contribution in [1.82, 2.24) is 0 Å². The minimum atomic E-state index is 0.541. The van der Waals surface area contributed by atoms with Crippen LogP contribution in [0.5, 0.6) is 17.2 Å². The van der Waals surface area contributed by atoms with Crippen LogP contribution in [-0.4, -0.2) is 27.7 Å². The van der Waals surface area contributed by atoms with E-state index in [1.54, 1.807) is 0 Å². The molecule has 3 nitrogen and oxygen atoms in total. The van der Waals surface area contributed by atoms with Crippen LogP contribution in [0, 0.1) is 6.92 Å². The summed E-state index contributed by atoms with van der Waals surface area (Å²) in [6.07, 6.45) is 0. The molecule has 1 rings (SSSR count). The third-order valence-corrected chi connectivity index (χ3v) is 2.32. The molecule has 0 heterocycles. The molecule has 0 unspecified atom stereocenters. The normalized spacial score (nSPS) is 10.1. The van der Waals surface area contributed by atoms with Crippen LogP contribution >= 0.6 is 0 Å². The molecule has 0 saturated carbocycles. The minimum absolute atomic E-state index is 0.541. The highest BCUT2D eigenvalue weighted by Crippen LogP contribution is 2.37. The molecule has 0 N–H and O–H groups in total. The van der Waals surface area contributed by atoms with E-state index in [9.17, 15) is 0 Å². The maximum absolute atomic E-state index is 6.00. The number of rotatable bonds is 6. The largest absolute Gasteiger partial charge is 0.490 e. The highest BCUT2D eigenvalue weighted by molar-refractivity contribution is 6.35. The van der Waals surface area contributed by atoms with Crippen molar-refractivity contribution in [3.8, 4) is 17.2 Å². The standard InChI is InChI=1S/C13H19BO3/c1-5-15-10-8-9(4)11(14)13(17-7-3)12(10)16-6-2/h8H,5-7H2,1-4H3. The average Bonchev–Trinajstić information content (AvgIpc) is 2.30. The monoisotopic (exact) mass is 234 g/mol. The van der Waals surface area contributed by atoms with Crippen molar-refractivity contribution in [3.05, 3.63) is 11.6 Å². The van der Waals surface area contributed by atoms with Gasteiger partial charge in [-0.05, 0) is 39.2 Å². The fraction of sp³-hybridized carbons (Fsp3) is 0.538. The van der Waals surface area contributed by atoms with E-state index in [0.29, 0.717) is 42.5 Å². The molecule has 0 aromatic heterocycles. The summed E-state index contributed by atoms with van der Waals surface area (Å²) in [4.78, 5) is 0. The lowest BCUT2D eigenvalue weighted by Gasteiger charge is -2.19. The van der Waals surface area contributed by atoms with Gasteiger partial charge in [-0.2, -0.15) is 0 Å². The Balaban J connectivity index is 3.29. The predicted molar refractivity (Wildman–Crippen MR) is 70.1 cm³/mol. The summed E-state index contributed by atoms with van der Waals surface area (Å²) in [7, 11) is 6.00. The van der Waals surface area contributed by atoms with Crippen LogP contribution in [-0.2, 0) is 0 Å². The SMILES string of the molecule is [B]c1c(C)cc(OCC)c(OCC)c1OCC. The Morgan fingerprint density at radius 1 is 0.941 bits per heavy atom. The van der Waals surface area contributed by atoms with Crippen molar-refractivity contribution in [3.63, 3.8) is 0 Å². The number of ether oxygens (including phenoxy) is 3. The molecule has 0 aliphatic rings. The van der Waals surface area contributed by atoms with Gasteiger partial charge in [-0.15, -0.1) is 0 Å². The predicted octanol–water partition coefficient (Wildman–Crippen LogP) is 1.98. The zero-order chi connectivity index (χ0) is 12.8. The Kier molecular flexibility index (Phi) is 5.20. The molecule has 0 amide bonds. The van der Waals surface area contributed by atoms with Gasteiger partial charge in [0, 0.05) is 0 Å². The van der Waals surface area contributed by atoms with Gasteiger partial charge in [0.2, 0.25) is 5.75 Å². The second-order valence-electron chi connectivity index (χ2n) is 3.56. The van der Waals surface area contributed by atoms with E-state index in [1.165, 1.54) is 0 Å². The molecular formula is C13H19BO3. The summed E-state index contributed by atoms with van der Waals surface area (Å²) < 4.78 is 16.7. The summed E-state index contributed by atoms with van der Waals surface area (Å²) in [5, 5.41) is 0. The smallest absolute Gasteiger partial charge is 0.202 e. The van der Waals surface area contributed by atoms with Crippen LogP contribution in [0.2, 0.25) is 0 Å². The third-order valence-electron chi connectivity index (χ3n) is 2.32. The molecule has 92 valence electrons. The lowest BCUT2D eigenvalue weighted by Crippen LogP contribution is -2.16. The van der Waals surface area contributed by atoms with Gasteiger partial charge in [0.25, 0.3) is 0 Å². The van der Waals surface area contributed by atoms with Crippen molar-refractivity contribution in [2.45, 2.75) is 27.7 Å². The summed E-state index contributed by atoms with van der Waals surface area (Å²) in [6.45, 7) is 9.36. The van der Waals surface area contributed by atoms with Crippen molar-refractivity contribution in [1.29, 1.82) is 0 Å². The first kappa shape index (κ1) is 13.7. The van der Waals surface area contributed by atoms with Gasteiger partial charge in [-0.1, -0.05) is 5.56 Å². The first-order valence-electron chi connectivity index (χ1n) is 5.97. The number of hydrogen-bond acceptors (Lipinski definition) is 3. The zero-order valence-electron chi connectivity index (χ0n) is 11.0. The van der Waals surface area contributed by atoms with Gasteiger partial charge >= 0.3 is 0 Å². The first-order chi connectivity index (χ1) is 8.15. The Bertz CT molecular complexity index is 377. The van der Waals surface area contributed by atoms with Crippen LogP contribution in [0.25, 0.3) is 0 Å². The van der Waals surface area contributed by atoms with E-state index in [0.717, 1.165) is 5.56 Å². The first-order valence-corrected chi connectivity index (χ1v) is 5.97. The molecule has 1 aromatic carbocycles. The van der Waals surface area contributed by atoms with E-state index in [1.807, 2.05) is 33.8 Å². The van der Waals surface area contributed by atoms with Gasteiger partial charge in [0.05, 0.1) is 19.8 Å². The number of aryl methyl sites for hydroxylation is 1. The van der Waals surface area contributed by atoms with E-state index in [-0.39, 0.29) is 0 Å². The van der Waals surface area contributed by atoms with E-state index in [2.05, 4.69) is 0 Å². The van der Waals surface area contributed by atoms with Crippen LogP contribution in [0.3, 0.4) is 0 Å². The summed E-state index contributed by atoms with van der Waals surface area (Å²) in [5.41, 5.74) is 1.54. The van der Waals surface area contributed by atoms with Crippen LogP contribution in [0.4, 0.5) is 0 Å². The fourth-order valence-electron chi connectivity index (χ4n) is 1.58.